The second-order valence-electron chi connectivity index (χ2n) is 2.74. The minimum atomic E-state index is -0.798. The Morgan fingerprint density at radius 2 is 2.17 bits per heavy atom. The van der Waals surface area contributed by atoms with Crippen LogP contribution in [-0.2, 0) is 9.53 Å². The van der Waals surface area contributed by atoms with Crippen LogP contribution in [0.4, 0.5) is 0 Å². The Balaban J connectivity index is 3.19. The van der Waals surface area contributed by atoms with E-state index in [1.807, 2.05) is 6.92 Å². The Bertz CT molecular complexity index is 127. The van der Waals surface area contributed by atoms with Crippen molar-refractivity contribution < 1.29 is 14.6 Å². The Morgan fingerprint density at radius 3 is 2.67 bits per heavy atom. The summed E-state index contributed by atoms with van der Waals surface area (Å²) in [6.07, 6.45) is 1.00. The van der Waals surface area contributed by atoms with Crippen LogP contribution in [0.1, 0.15) is 13.3 Å². The number of nitrogens with zero attached hydrogens (tertiary/aromatic N) is 1. The van der Waals surface area contributed by atoms with E-state index in [4.69, 9.17) is 9.84 Å². The summed E-state index contributed by atoms with van der Waals surface area (Å²) in [5.41, 5.74) is 0. The molecule has 0 rings (SSSR count). The molecule has 0 saturated heterocycles. The fraction of sp³-hybridized carbons (Fsp3) is 0.875. The first-order valence-corrected chi connectivity index (χ1v) is 4.15. The number of rotatable bonds is 7. The zero-order valence-corrected chi connectivity index (χ0v) is 7.75. The molecule has 0 heterocycles. The highest BCUT2D eigenvalue weighted by molar-refractivity contribution is 5.68. The third-order valence-electron chi connectivity index (χ3n) is 1.37. The van der Waals surface area contributed by atoms with Crippen molar-refractivity contribution in [3.05, 3.63) is 0 Å². The van der Waals surface area contributed by atoms with Crippen molar-refractivity contribution in [3.8, 4) is 0 Å². The highest BCUT2D eigenvalue weighted by Crippen LogP contribution is 1.84. The Labute approximate surface area is 73.1 Å². The van der Waals surface area contributed by atoms with E-state index in [0.29, 0.717) is 13.2 Å². The predicted octanol–water partition coefficient (Wildman–Crippen LogP) is 0.429. The van der Waals surface area contributed by atoms with Crippen LogP contribution in [0.5, 0.6) is 0 Å². The summed E-state index contributed by atoms with van der Waals surface area (Å²) in [6, 6.07) is 0. The molecule has 0 bridgehead atoms. The third kappa shape index (κ3) is 7.50. The van der Waals surface area contributed by atoms with E-state index in [2.05, 4.69) is 0 Å². The number of likely N-dealkylation sites (N-methyl/N-ethyl adjacent to an activating group) is 1. The van der Waals surface area contributed by atoms with Gasteiger partial charge in [-0.1, -0.05) is 6.92 Å². The maximum atomic E-state index is 10.2. The van der Waals surface area contributed by atoms with E-state index in [1.165, 1.54) is 0 Å². The van der Waals surface area contributed by atoms with E-state index < -0.39 is 5.97 Å². The third-order valence-corrected chi connectivity index (χ3v) is 1.37. The summed E-state index contributed by atoms with van der Waals surface area (Å²) in [7, 11) is 1.77. The van der Waals surface area contributed by atoms with Crippen LogP contribution >= 0.6 is 0 Å². The SMILES string of the molecule is CCCOCCN(C)CC(=O)O. The van der Waals surface area contributed by atoms with Gasteiger partial charge in [0.1, 0.15) is 0 Å². The van der Waals surface area contributed by atoms with Crippen LogP contribution in [0.3, 0.4) is 0 Å². The van der Waals surface area contributed by atoms with Crippen molar-refractivity contribution in [1.82, 2.24) is 4.90 Å². The summed E-state index contributed by atoms with van der Waals surface area (Å²) >= 11 is 0. The van der Waals surface area contributed by atoms with Gasteiger partial charge >= 0.3 is 5.97 Å². The lowest BCUT2D eigenvalue weighted by Gasteiger charge is -2.13. The molecule has 0 atom stereocenters. The monoisotopic (exact) mass is 175 g/mol. The molecule has 0 aliphatic heterocycles. The van der Waals surface area contributed by atoms with Crippen molar-refractivity contribution in [2.75, 3.05) is 33.4 Å². The fourth-order valence-electron chi connectivity index (χ4n) is 0.777. The van der Waals surface area contributed by atoms with Crippen LogP contribution in [0.15, 0.2) is 0 Å². The van der Waals surface area contributed by atoms with Crippen LogP contribution in [-0.4, -0.2) is 49.3 Å². The molecular formula is C8H17NO3. The lowest BCUT2D eigenvalue weighted by molar-refractivity contribution is -0.138. The molecule has 0 aromatic rings. The number of hydrogen-bond donors (Lipinski definition) is 1. The Hall–Kier alpha value is -0.610. The summed E-state index contributed by atoms with van der Waals surface area (Å²) in [5.74, 6) is -0.798. The van der Waals surface area contributed by atoms with E-state index >= 15 is 0 Å². The second kappa shape index (κ2) is 7.06. The molecule has 12 heavy (non-hydrogen) atoms. The maximum absolute atomic E-state index is 10.2. The van der Waals surface area contributed by atoms with E-state index in [9.17, 15) is 4.79 Å². The van der Waals surface area contributed by atoms with Gasteiger partial charge in [0, 0.05) is 13.2 Å². The lowest BCUT2D eigenvalue weighted by atomic mass is 10.5. The van der Waals surface area contributed by atoms with E-state index in [-0.39, 0.29) is 6.54 Å². The predicted molar refractivity (Wildman–Crippen MR) is 46.2 cm³/mol. The molecule has 0 unspecified atom stereocenters. The molecule has 4 heteroatoms. The average molecular weight is 175 g/mol. The molecule has 0 aromatic heterocycles. The maximum Gasteiger partial charge on any atom is 0.317 e. The molecule has 1 N–H and O–H groups in total. The van der Waals surface area contributed by atoms with Crippen molar-refractivity contribution in [1.29, 1.82) is 0 Å². The molecule has 0 aliphatic rings. The highest BCUT2D eigenvalue weighted by Gasteiger charge is 2.02. The second-order valence-corrected chi connectivity index (χ2v) is 2.74. The molecule has 0 aliphatic carbocycles. The zero-order chi connectivity index (χ0) is 9.40. The molecule has 0 saturated carbocycles. The van der Waals surface area contributed by atoms with Crippen LogP contribution < -0.4 is 0 Å². The first-order chi connectivity index (χ1) is 5.66. The van der Waals surface area contributed by atoms with Gasteiger partial charge in [-0.2, -0.15) is 0 Å². The van der Waals surface area contributed by atoms with Gasteiger partial charge in [0.25, 0.3) is 0 Å². The summed E-state index contributed by atoms with van der Waals surface area (Å²) in [4.78, 5) is 11.9. The van der Waals surface area contributed by atoms with E-state index in [1.54, 1.807) is 11.9 Å². The molecule has 72 valence electrons. The molecule has 0 radical (unpaired) electrons. The van der Waals surface area contributed by atoms with Gasteiger partial charge in [0.05, 0.1) is 13.2 Å². The van der Waals surface area contributed by atoms with Gasteiger partial charge in [0.2, 0.25) is 0 Å². The first-order valence-electron chi connectivity index (χ1n) is 4.15. The minimum Gasteiger partial charge on any atom is -0.480 e. The Morgan fingerprint density at radius 1 is 1.50 bits per heavy atom. The summed E-state index contributed by atoms with van der Waals surface area (Å²) in [5, 5.41) is 8.40. The van der Waals surface area contributed by atoms with Crippen LogP contribution in [0, 0.1) is 0 Å². The van der Waals surface area contributed by atoms with Crippen molar-refractivity contribution in [3.63, 3.8) is 0 Å². The molecule has 0 amide bonds. The molecule has 0 aromatic carbocycles. The van der Waals surface area contributed by atoms with Gasteiger partial charge in [-0.15, -0.1) is 0 Å². The largest absolute Gasteiger partial charge is 0.480 e. The molecule has 4 nitrogen and oxygen atoms in total. The van der Waals surface area contributed by atoms with Crippen LogP contribution in [0.2, 0.25) is 0 Å². The number of aliphatic carboxylic acids is 1. The summed E-state index contributed by atoms with van der Waals surface area (Å²) < 4.78 is 5.20. The fourth-order valence-corrected chi connectivity index (χ4v) is 0.777. The first kappa shape index (κ1) is 11.4. The lowest BCUT2D eigenvalue weighted by Crippen LogP contribution is -2.29. The normalized spacial score (nSPS) is 10.6. The molecular weight excluding hydrogens is 158 g/mol. The topological polar surface area (TPSA) is 49.8 Å². The molecule has 0 fully saturated rings. The van der Waals surface area contributed by atoms with Crippen molar-refractivity contribution >= 4 is 5.97 Å². The smallest absolute Gasteiger partial charge is 0.317 e. The van der Waals surface area contributed by atoms with Crippen molar-refractivity contribution in [2.45, 2.75) is 13.3 Å². The quantitative estimate of drug-likeness (QED) is 0.570. The number of carboxylic acid groups (broad SMARTS) is 1. The summed E-state index contributed by atoms with van der Waals surface area (Å²) in [6.45, 7) is 4.15. The van der Waals surface area contributed by atoms with E-state index in [0.717, 1.165) is 13.0 Å². The van der Waals surface area contributed by atoms with Gasteiger partial charge in [0.15, 0.2) is 0 Å². The van der Waals surface area contributed by atoms with Crippen LogP contribution in [0.25, 0.3) is 0 Å². The number of hydrogen-bond acceptors (Lipinski definition) is 3. The number of carbonyl (C=O) groups is 1. The Kier molecular flexibility index (Phi) is 6.70. The average Bonchev–Trinajstić information content (AvgIpc) is 1.97. The van der Waals surface area contributed by atoms with Gasteiger partial charge in [-0.25, -0.2) is 0 Å². The van der Waals surface area contributed by atoms with Gasteiger partial charge in [-0.3, -0.25) is 9.69 Å². The van der Waals surface area contributed by atoms with Gasteiger partial charge in [-0.05, 0) is 13.5 Å². The van der Waals surface area contributed by atoms with Gasteiger partial charge < -0.3 is 9.84 Å². The van der Waals surface area contributed by atoms with Crippen molar-refractivity contribution in [2.24, 2.45) is 0 Å². The minimum absolute atomic E-state index is 0.0789. The standard InChI is InChI=1S/C8H17NO3/c1-3-5-12-6-4-9(2)7-8(10)11/h3-7H2,1-2H3,(H,10,11). The molecule has 0 spiro atoms. The number of ether oxygens (including phenoxy) is 1. The number of carboxylic acids is 1. The highest BCUT2D eigenvalue weighted by atomic mass is 16.5. The zero-order valence-electron chi connectivity index (χ0n) is 7.75.